The third-order valence-corrected chi connectivity index (χ3v) is 6.99. The second kappa shape index (κ2) is 7.93. The van der Waals surface area contributed by atoms with Crippen LogP contribution in [0.3, 0.4) is 0 Å². The van der Waals surface area contributed by atoms with Crippen LogP contribution >= 0.6 is 0 Å². The van der Waals surface area contributed by atoms with E-state index in [1.165, 1.54) is 16.7 Å². The third-order valence-electron chi connectivity index (χ3n) is 6.99. The summed E-state index contributed by atoms with van der Waals surface area (Å²) in [4.78, 5) is 16.9. The fraction of sp³-hybridized carbons (Fsp3) is 0.462. The summed E-state index contributed by atoms with van der Waals surface area (Å²) in [5.74, 6) is 1.08. The Kier molecular flexibility index (Phi) is 5.20. The van der Waals surface area contributed by atoms with Gasteiger partial charge in [0.2, 0.25) is 5.91 Å². The van der Waals surface area contributed by atoms with Gasteiger partial charge in [0.15, 0.2) is 11.4 Å². The molecule has 6 heteroatoms. The molecular weight excluding hydrogens is 400 g/mol. The number of benzene rings is 2. The van der Waals surface area contributed by atoms with E-state index in [9.17, 15) is 4.79 Å². The standard InChI is InChI=1S/C26H32N4O2/c1-17-5-6-20-22(13-17)32-28-25(20)30-11-9-29(10-12-30)8-7-19-14-18(2)24-21(15-19)26(3,4)16-23(31)27-24/h5-6,13-15H,7-12,16H2,1-4H3,(H,27,31). The minimum Gasteiger partial charge on any atom is -0.354 e. The quantitative estimate of drug-likeness (QED) is 0.661. The monoisotopic (exact) mass is 432 g/mol. The van der Waals surface area contributed by atoms with E-state index >= 15 is 0 Å². The molecule has 1 amide bonds. The Hall–Kier alpha value is -2.86. The maximum atomic E-state index is 12.1. The van der Waals surface area contributed by atoms with Crippen molar-refractivity contribution in [3.05, 3.63) is 52.6 Å². The van der Waals surface area contributed by atoms with Crippen LogP contribution in [0.15, 0.2) is 34.9 Å². The maximum Gasteiger partial charge on any atom is 0.225 e. The third kappa shape index (κ3) is 3.88. The number of aryl methyl sites for hydroxylation is 2. The summed E-state index contributed by atoms with van der Waals surface area (Å²) < 4.78 is 5.56. The number of nitrogens with zero attached hydrogens (tertiary/aromatic N) is 3. The molecule has 5 rings (SSSR count). The van der Waals surface area contributed by atoms with Crippen LogP contribution in [-0.4, -0.2) is 48.7 Å². The molecule has 1 aromatic heterocycles. The van der Waals surface area contributed by atoms with Gasteiger partial charge in [0.05, 0.1) is 5.39 Å². The van der Waals surface area contributed by atoms with Gasteiger partial charge in [0, 0.05) is 50.2 Å². The molecule has 2 aliphatic rings. The van der Waals surface area contributed by atoms with E-state index in [0.29, 0.717) is 6.42 Å². The minimum absolute atomic E-state index is 0.117. The molecular formula is C26H32N4O2. The van der Waals surface area contributed by atoms with Crippen LogP contribution in [0, 0.1) is 13.8 Å². The van der Waals surface area contributed by atoms with Gasteiger partial charge in [-0.05, 0) is 54.7 Å². The molecule has 2 aromatic carbocycles. The van der Waals surface area contributed by atoms with Crippen molar-refractivity contribution < 1.29 is 9.32 Å². The maximum absolute atomic E-state index is 12.1. The van der Waals surface area contributed by atoms with Crippen molar-refractivity contribution in [1.29, 1.82) is 0 Å². The Morgan fingerprint density at radius 1 is 1.09 bits per heavy atom. The number of hydrogen-bond acceptors (Lipinski definition) is 5. The zero-order valence-corrected chi connectivity index (χ0v) is 19.5. The molecule has 0 aliphatic carbocycles. The molecule has 32 heavy (non-hydrogen) atoms. The summed E-state index contributed by atoms with van der Waals surface area (Å²) >= 11 is 0. The SMILES string of the molecule is Cc1ccc2c(N3CCN(CCc4cc(C)c5c(c4)C(C)(C)CC(=O)N5)CC3)noc2c1. The molecule has 0 atom stereocenters. The highest BCUT2D eigenvalue weighted by molar-refractivity contribution is 5.96. The van der Waals surface area contributed by atoms with Crippen molar-refractivity contribution in [2.45, 2.75) is 46.0 Å². The average Bonchev–Trinajstić information content (AvgIpc) is 3.16. The summed E-state index contributed by atoms with van der Waals surface area (Å²) in [6.45, 7) is 13.5. The van der Waals surface area contributed by atoms with E-state index in [0.717, 1.165) is 67.2 Å². The number of piperazine rings is 1. The predicted molar refractivity (Wildman–Crippen MR) is 129 cm³/mol. The number of carbonyl (C=O) groups is 1. The number of fused-ring (bicyclic) bond motifs is 2. The number of hydrogen-bond donors (Lipinski definition) is 1. The molecule has 1 fully saturated rings. The molecule has 0 unspecified atom stereocenters. The van der Waals surface area contributed by atoms with E-state index in [4.69, 9.17) is 4.52 Å². The number of carbonyl (C=O) groups excluding carboxylic acids is 1. The first-order valence-corrected chi connectivity index (χ1v) is 11.6. The highest BCUT2D eigenvalue weighted by Crippen LogP contribution is 2.39. The van der Waals surface area contributed by atoms with Crippen LogP contribution in [-0.2, 0) is 16.6 Å². The molecule has 0 radical (unpaired) electrons. The lowest BCUT2D eigenvalue weighted by Crippen LogP contribution is -2.47. The van der Waals surface area contributed by atoms with E-state index in [1.54, 1.807) is 0 Å². The highest BCUT2D eigenvalue weighted by Gasteiger charge is 2.33. The first-order chi connectivity index (χ1) is 15.3. The Labute approximate surface area is 189 Å². The number of rotatable bonds is 4. The number of anilines is 2. The zero-order chi connectivity index (χ0) is 22.5. The van der Waals surface area contributed by atoms with Crippen LogP contribution in [0.2, 0.25) is 0 Å². The van der Waals surface area contributed by atoms with Crippen molar-refractivity contribution >= 4 is 28.4 Å². The first-order valence-electron chi connectivity index (χ1n) is 11.6. The van der Waals surface area contributed by atoms with E-state index in [-0.39, 0.29) is 11.3 Å². The lowest BCUT2D eigenvalue weighted by molar-refractivity contribution is -0.117. The van der Waals surface area contributed by atoms with Crippen molar-refractivity contribution in [1.82, 2.24) is 10.1 Å². The van der Waals surface area contributed by atoms with Gasteiger partial charge < -0.3 is 14.7 Å². The number of nitrogens with one attached hydrogen (secondary N) is 1. The average molecular weight is 433 g/mol. The van der Waals surface area contributed by atoms with Crippen molar-refractivity contribution in [3.63, 3.8) is 0 Å². The largest absolute Gasteiger partial charge is 0.354 e. The summed E-state index contributed by atoms with van der Waals surface area (Å²) in [7, 11) is 0. The predicted octanol–water partition coefficient (Wildman–Crippen LogP) is 4.43. The zero-order valence-electron chi connectivity index (χ0n) is 19.5. The number of amides is 1. The Morgan fingerprint density at radius 2 is 1.88 bits per heavy atom. The Balaban J connectivity index is 1.23. The lowest BCUT2D eigenvalue weighted by Gasteiger charge is -2.35. The van der Waals surface area contributed by atoms with E-state index in [1.807, 2.05) is 0 Å². The molecule has 1 N–H and O–H groups in total. The second-order valence-corrected chi connectivity index (χ2v) is 10.0. The summed E-state index contributed by atoms with van der Waals surface area (Å²) in [6.07, 6.45) is 1.56. The Bertz CT molecular complexity index is 1170. The molecule has 3 heterocycles. The van der Waals surface area contributed by atoms with E-state index in [2.05, 4.69) is 78.3 Å². The summed E-state index contributed by atoms with van der Waals surface area (Å²) in [6, 6.07) is 10.8. The van der Waals surface area contributed by atoms with E-state index < -0.39 is 0 Å². The second-order valence-electron chi connectivity index (χ2n) is 10.0. The molecule has 3 aromatic rings. The fourth-order valence-corrected chi connectivity index (χ4v) is 5.12. The van der Waals surface area contributed by atoms with Crippen molar-refractivity contribution in [2.75, 3.05) is 42.9 Å². The van der Waals surface area contributed by atoms with Gasteiger partial charge in [-0.15, -0.1) is 0 Å². The molecule has 168 valence electrons. The van der Waals surface area contributed by atoms with Gasteiger partial charge in [-0.3, -0.25) is 9.69 Å². The normalized spacial score (nSPS) is 18.6. The molecule has 0 spiro atoms. The highest BCUT2D eigenvalue weighted by atomic mass is 16.5. The minimum atomic E-state index is -0.122. The van der Waals surface area contributed by atoms with Gasteiger partial charge in [-0.2, -0.15) is 0 Å². The smallest absolute Gasteiger partial charge is 0.225 e. The lowest BCUT2D eigenvalue weighted by atomic mass is 9.76. The van der Waals surface area contributed by atoms with Gasteiger partial charge in [-0.25, -0.2) is 0 Å². The molecule has 0 bridgehead atoms. The van der Waals surface area contributed by atoms with Crippen molar-refractivity contribution in [3.8, 4) is 0 Å². The topological polar surface area (TPSA) is 61.6 Å². The molecule has 6 nitrogen and oxygen atoms in total. The van der Waals surface area contributed by atoms with Gasteiger partial charge >= 0.3 is 0 Å². The van der Waals surface area contributed by atoms with Gasteiger partial charge in [0.1, 0.15) is 0 Å². The summed E-state index contributed by atoms with van der Waals surface area (Å²) in [5.41, 5.74) is 6.73. The molecule has 1 saturated heterocycles. The Morgan fingerprint density at radius 3 is 2.66 bits per heavy atom. The van der Waals surface area contributed by atoms with Gasteiger partial charge in [-0.1, -0.05) is 37.2 Å². The van der Waals surface area contributed by atoms with Crippen LogP contribution in [0.1, 0.15) is 42.5 Å². The van der Waals surface area contributed by atoms with Gasteiger partial charge in [0.25, 0.3) is 0 Å². The van der Waals surface area contributed by atoms with Crippen molar-refractivity contribution in [2.24, 2.45) is 0 Å². The fourth-order valence-electron chi connectivity index (χ4n) is 5.12. The molecule has 2 aliphatic heterocycles. The first kappa shape index (κ1) is 21.0. The number of aromatic nitrogens is 1. The molecule has 0 saturated carbocycles. The van der Waals surface area contributed by atoms with Crippen LogP contribution in [0.25, 0.3) is 11.0 Å². The van der Waals surface area contributed by atoms with Crippen LogP contribution in [0.5, 0.6) is 0 Å². The van der Waals surface area contributed by atoms with Crippen LogP contribution < -0.4 is 10.2 Å². The van der Waals surface area contributed by atoms with Crippen LogP contribution in [0.4, 0.5) is 11.5 Å². The summed E-state index contributed by atoms with van der Waals surface area (Å²) in [5, 5.41) is 8.53.